The molecule has 0 bridgehead atoms. The number of hydrogen-bond acceptors (Lipinski definition) is 2. The van der Waals surface area contributed by atoms with Crippen molar-refractivity contribution in [1.29, 1.82) is 0 Å². The van der Waals surface area contributed by atoms with Gasteiger partial charge in [-0.2, -0.15) is 0 Å². The van der Waals surface area contributed by atoms with Crippen LogP contribution in [0.5, 0.6) is 0 Å². The van der Waals surface area contributed by atoms with Gasteiger partial charge in [-0.1, -0.05) is 0 Å². The third-order valence-electron chi connectivity index (χ3n) is 2.12. The van der Waals surface area contributed by atoms with Crippen molar-refractivity contribution in [2.75, 3.05) is 6.66 Å². The Morgan fingerprint density at radius 1 is 1.60 bits per heavy atom. The second-order valence-corrected chi connectivity index (χ2v) is 5.79. The van der Waals surface area contributed by atoms with Crippen LogP contribution in [0.2, 0.25) is 0 Å². The second kappa shape index (κ2) is 2.65. The van der Waals surface area contributed by atoms with Gasteiger partial charge in [0.2, 0.25) is 7.37 Å². The molecular weight excluding hydrogens is 149 g/mol. The normalized spacial score (nSPS) is 39.5. The smallest absolute Gasteiger partial charge is 0.200 e. The van der Waals surface area contributed by atoms with Crippen LogP contribution in [0.25, 0.3) is 0 Å². The molecule has 3 unspecified atom stereocenters. The van der Waals surface area contributed by atoms with Gasteiger partial charge in [0.25, 0.3) is 0 Å². The Labute approximate surface area is 61.1 Å². The van der Waals surface area contributed by atoms with E-state index in [1.54, 1.807) is 0 Å². The van der Waals surface area contributed by atoms with Crippen molar-refractivity contribution in [1.82, 2.24) is 0 Å². The third-order valence-corrected chi connectivity index (χ3v) is 3.95. The summed E-state index contributed by atoms with van der Waals surface area (Å²) in [6, 6.07) is 0.158. The number of rotatable bonds is 1. The van der Waals surface area contributed by atoms with Crippen LogP contribution in [0.3, 0.4) is 0 Å². The van der Waals surface area contributed by atoms with Gasteiger partial charge < -0.3 is 10.6 Å². The Kier molecular flexibility index (Phi) is 2.18. The molecule has 4 heteroatoms. The third kappa shape index (κ3) is 1.82. The lowest BCUT2D eigenvalue weighted by Crippen LogP contribution is -2.16. The molecule has 3 atom stereocenters. The zero-order valence-corrected chi connectivity index (χ0v) is 7.05. The second-order valence-electron chi connectivity index (χ2n) is 3.17. The predicted molar refractivity (Wildman–Crippen MR) is 41.4 cm³/mol. The topological polar surface area (TPSA) is 63.3 Å². The molecule has 1 fully saturated rings. The number of nitrogens with two attached hydrogens (primary N) is 1. The summed E-state index contributed by atoms with van der Waals surface area (Å²) in [5.41, 5.74) is 5.56. The van der Waals surface area contributed by atoms with Crippen LogP contribution in [-0.4, -0.2) is 23.3 Å². The largest absolute Gasteiger partial charge is 0.344 e. The maximum atomic E-state index is 11.1. The molecule has 60 valence electrons. The van der Waals surface area contributed by atoms with Gasteiger partial charge in [-0.15, -0.1) is 0 Å². The first-order valence-electron chi connectivity index (χ1n) is 3.55. The van der Waals surface area contributed by atoms with Crippen molar-refractivity contribution in [3.05, 3.63) is 0 Å². The minimum Gasteiger partial charge on any atom is -0.344 e. The van der Waals surface area contributed by atoms with E-state index in [0.717, 1.165) is 19.3 Å². The summed E-state index contributed by atoms with van der Waals surface area (Å²) in [7, 11) is -2.83. The van der Waals surface area contributed by atoms with Gasteiger partial charge >= 0.3 is 0 Å². The van der Waals surface area contributed by atoms with E-state index < -0.39 is 7.37 Å². The van der Waals surface area contributed by atoms with Gasteiger partial charge in [0.1, 0.15) is 0 Å². The van der Waals surface area contributed by atoms with Crippen LogP contribution in [0.15, 0.2) is 0 Å². The lowest BCUT2D eigenvalue weighted by molar-refractivity contribution is 0.468. The Morgan fingerprint density at radius 2 is 2.20 bits per heavy atom. The predicted octanol–water partition coefficient (Wildman–Crippen LogP) is 0.766. The summed E-state index contributed by atoms with van der Waals surface area (Å²) in [6.45, 7) is 1.43. The van der Waals surface area contributed by atoms with Crippen molar-refractivity contribution >= 4 is 7.37 Å². The zero-order valence-electron chi connectivity index (χ0n) is 6.16. The molecule has 0 aromatic heterocycles. The molecule has 0 aromatic rings. The van der Waals surface area contributed by atoms with E-state index in [-0.39, 0.29) is 11.7 Å². The van der Waals surface area contributed by atoms with E-state index in [9.17, 15) is 4.57 Å². The van der Waals surface area contributed by atoms with E-state index in [4.69, 9.17) is 10.6 Å². The summed E-state index contributed by atoms with van der Waals surface area (Å²) in [4.78, 5) is 9.14. The molecule has 0 radical (unpaired) electrons. The quantitative estimate of drug-likeness (QED) is 0.561. The molecule has 0 amide bonds. The van der Waals surface area contributed by atoms with Gasteiger partial charge in [-0.25, -0.2) is 0 Å². The van der Waals surface area contributed by atoms with E-state index >= 15 is 0 Å². The summed E-state index contributed by atoms with van der Waals surface area (Å²) >= 11 is 0. The van der Waals surface area contributed by atoms with Gasteiger partial charge in [-0.05, 0) is 19.3 Å². The van der Waals surface area contributed by atoms with Crippen molar-refractivity contribution in [2.45, 2.75) is 31.0 Å². The van der Waals surface area contributed by atoms with Crippen molar-refractivity contribution in [2.24, 2.45) is 5.73 Å². The van der Waals surface area contributed by atoms with Crippen molar-refractivity contribution in [3.8, 4) is 0 Å². The standard InChI is InChI=1S/C6H14NO2P/c1-10(8,9)6-3-2-5(7)4-6/h5-6H,2-4,7H2,1H3,(H,8,9). The van der Waals surface area contributed by atoms with Crippen LogP contribution in [-0.2, 0) is 4.57 Å². The lowest BCUT2D eigenvalue weighted by atomic mass is 10.3. The average molecular weight is 163 g/mol. The van der Waals surface area contributed by atoms with E-state index in [1.165, 1.54) is 6.66 Å². The summed E-state index contributed by atoms with van der Waals surface area (Å²) in [6.07, 6.45) is 2.46. The minimum absolute atomic E-state index is 0.0255. The average Bonchev–Trinajstić information content (AvgIpc) is 2.11. The van der Waals surface area contributed by atoms with Gasteiger partial charge in [-0.3, -0.25) is 4.57 Å². The Hall–Kier alpha value is 0.150. The molecule has 3 N–H and O–H groups in total. The van der Waals surface area contributed by atoms with Crippen molar-refractivity contribution in [3.63, 3.8) is 0 Å². The van der Waals surface area contributed by atoms with Crippen LogP contribution >= 0.6 is 7.37 Å². The first-order valence-corrected chi connectivity index (χ1v) is 5.73. The summed E-state index contributed by atoms with van der Waals surface area (Å²) < 4.78 is 11.1. The first-order chi connectivity index (χ1) is 4.50. The lowest BCUT2D eigenvalue weighted by Gasteiger charge is -2.12. The fraction of sp³-hybridized carbons (Fsp3) is 1.00. The highest BCUT2D eigenvalue weighted by Crippen LogP contribution is 2.49. The molecule has 1 aliphatic carbocycles. The fourth-order valence-electron chi connectivity index (χ4n) is 1.43. The maximum absolute atomic E-state index is 11.1. The minimum atomic E-state index is -2.83. The molecule has 0 heterocycles. The molecule has 10 heavy (non-hydrogen) atoms. The SMILES string of the molecule is CP(=O)(O)C1CCC(N)C1. The Bertz CT molecular complexity index is 165. The highest BCUT2D eigenvalue weighted by molar-refractivity contribution is 7.57. The molecule has 0 aromatic carbocycles. The summed E-state index contributed by atoms with van der Waals surface area (Å²) in [5, 5.41) is 0. The summed E-state index contributed by atoms with van der Waals surface area (Å²) in [5.74, 6) is 0. The molecule has 1 saturated carbocycles. The Morgan fingerprint density at radius 3 is 2.40 bits per heavy atom. The Balaban J connectivity index is 2.53. The van der Waals surface area contributed by atoms with Crippen LogP contribution in [0, 0.1) is 0 Å². The van der Waals surface area contributed by atoms with E-state index in [2.05, 4.69) is 0 Å². The van der Waals surface area contributed by atoms with E-state index in [1.807, 2.05) is 0 Å². The van der Waals surface area contributed by atoms with Crippen LogP contribution in [0.4, 0.5) is 0 Å². The van der Waals surface area contributed by atoms with Gasteiger partial charge in [0, 0.05) is 18.4 Å². The molecule has 3 nitrogen and oxygen atoms in total. The van der Waals surface area contributed by atoms with Gasteiger partial charge in [0.05, 0.1) is 0 Å². The van der Waals surface area contributed by atoms with Crippen molar-refractivity contribution < 1.29 is 9.46 Å². The monoisotopic (exact) mass is 163 g/mol. The first kappa shape index (κ1) is 8.25. The number of hydrogen-bond donors (Lipinski definition) is 2. The highest BCUT2D eigenvalue weighted by Gasteiger charge is 2.32. The molecule has 0 spiro atoms. The fourth-order valence-corrected chi connectivity index (χ4v) is 2.72. The molecule has 1 rings (SSSR count). The molecule has 0 aliphatic heterocycles. The molecular formula is C6H14NO2P. The maximum Gasteiger partial charge on any atom is 0.200 e. The van der Waals surface area contributed by atoms with Gasteiger partial charge in [0.15, 0.2) is 0 Å². The molecule has 0 saturated heterocycles. The zero-order chi connectivity index (χ0) is 7.78. The molecule has 1 aliphatic rings. The van der Waals surface area contributed by atoms with Crippen LogP contribution < -0.4 is 5.73 Å². The van der Waals surface area contributed by atoms with E-state index in [0.29, 0.717) is 0 Å². The van der Waals surface area contributed by atoms with Crippen LogP contribution in [0.1, 0.15) is 19.3 Å². The highest BCUT2D eigenvalue weighted by atomic mass is 31.2.